The van der Waals surface area contributed by atoms with E-state index in [0.717, 1.165) is 6.07 Å². The normalized spacial score (nSPS) is 11.5. The van der Waals surface area contributed by atoms with Crippen LogP contribution in [0.15, 0.2) is 39.5 Å². The van der Waals surface area contributed by atoms with Gasteiger partial charge in [-0.2, -0.15) is 13.2 Å². The SMILES string of the molecule is CCOC(=O)COc1ccc2c(=O)c(Oc3cc(C)c(Cl)c(C)c3)c(C(F)(F)F)oc2c1. The summed E-state index contributed by atoms with van der Waals surface area (Å²) in [6.45, 7) is 4.64. The van der Waals surface area contributed by atoms with Crippen molar-refractivity contribution in [1.29, 1.82) is 0 Å². The smallest absolute Gasteiger partial charge is 0.453 e. The van der Waals surface area contributed by atoms with Gasteiger partial charge in [-0.05, 0) is 56.2 Å². The number of halogens is 4. The molecule has 0 fully saturated rings. The van der Waals surface area contributed by atoms with Gasteiger partial charge in [0.2, 0.25) is 11.2 Å². The van der Waals surface area contributed by atoms with Gasteiger partial charge in [0.05, 0.1) is 12.0 Å². The van der Waals surface area contributed by atoms with E-state index in [0.29, 0.717) is 16.1 Å². The molecule has 1 aromatic heterocycles. The number of aryl methyl sites for hydroxylation is 2. The molecule has 0 saturated heterocycles. The van der Waals surface area contributed by atoms with Gasteiger partial charge in [0.1, 0.15) is 17.1 Å². The van der Waals surface area contributed by atoms with Crippen LogP contribution in [0, 0.1) is 13.8 Å². The van der Waals surface area contributed by atoms with Crippen molar-refractivity contribution >= 4 is 28.5 Å². The minimum Gasteiger partial charge on any atom is -0.482 e. The molecule has 0 aliphatic carbocycles. The van der Waals surface area contributed by atoms with E-state index in [1.54, 1.807) is 20.8 Å². The monoisotopic (exact) mass is 470 g/mol. The molecule has 3 rings (SSSR count). The number of alkyl halides is 3. The quantitative estimate of drug-likeness (QED) is 0.423. The van der Waals surface area contributed by atoms with Gasteiger partial charge in [-0.3, -0.25) is 4.79 Å². The van der Waals surface area contributed by atoms with Crippen molar-refractivity contribution in [3.05, 3.63) is 62.5 Å². The highest BCUT2D eigenvalue weighted by molar-refractivity contribution is 6.32. The average molecular weight is 471 g/mol. The Labute approximate surface area is 185 Å². The summed E-state index contributed by atoms with van der Waals surface area (Å²) in [5.41, 5.74) is -0.243. The maximum atomic E-state index is 13.7. The van der Waals surface area contributed by atoms with Crippen LogP contribution in [0.1, 0.15) is 23.8 Å². The molecule has 0 aliphatic heterocycles. The van der Waals surface area contributed by atoms with Crippen LogP contribution >= 0.6 is 11.6 Å². The van der Waals surface area contributed by atoms with E-state index in [-0.39, 0.29) is 29.1 Å². The summed E-state index contributed by atoms with van der Waals surface area (Å²) in [5.74, 6) is -3.20. The number of benzene rings is 2. The molecule has 3 aromatic rings. The molecule has 170 valence electrons. The highest BCUT2D eigenvalue weighted by Gasteiger charge is 2.40. The second-order valence-electron chi connectivity index (χ2n) is 6.81. The first-order chi connectivity index (χ1) is 15.0. The topological polar surface area (TPSA) is 75.0 Å². The van der Waals surface area contributed by atoms with Crippen LogP contribution in [0.3, 0.4) is 0 Å². The number of carbonyl (C=O) groups excluding carboxylic acids is 1. The summed E-state index contributed by atoms with van der Waals surface area (Å²) in [4.78, 5) is 24.3. The van der Waals surface area contributed by atoms with Crippen molar-refractivity contribution in [2.75, 3.05) is 13.2 Å². The lowest BCUT2D eigenvalue weighted by molar-refractivity contribution is -0.154. The Morgan fingerprint density at radius 3 is 2.34 bits per heavy atom. The highest BCUT2D eigenvalue weighted by atomic mass is 35.5. The van der Waals surface area contributed by atoms with Crippen molar-refractivity contribution in [3.8, 4) is 17.2 Å². The summed E-state index contributed by atoms with van der Waals surface area (Å²) in [7, 11) is 0. The van der Waals surface area contributed by atoms with Gasteiger partial charge in [0.15, 0.2) is 6.61 Å². The fourth-order valence-electron chi connectivity index (χ4n) is 2.95. The lowest BCUT2D eigenvalue weighted by Gasteiger charge is -2.15. The molecule has 0 bridgehead atoms. The van der Waals surface area contributed by atoms with Crippen molar-refractivity contribution in [1.82, 2.24) is 0 Å². The van der Waals surface area contributed by atoms with Gasteiger partial charge in [-0.25, -0.2) is 4.79 Å². The Bertz CT molecular complexity index is 1210. The molecule has 32 heavy (non-hydrogen) atoms. The van der Waals surface area contributed by atoms with Crippen LogP contribution in [-0.2, 0) is 15.7 Å². The van der Waals surface area contributed by atoms with Gasteiger partial charge in [0, 0.05) is 11.1 Å². The predicted molar refractivity (Wildman–Crippen MR) is 111 cm³/mol. The number of ether oxygens (including phenoxy) is 3. The third-order valence-electron chi connectivity index (χ3n) is 4.37. The van der Waals surface area contributed by atoms with E-state index in [4.69, 9.17) is 30.2 Å². The van der Waals surface area contributed by atoms with E-state index in [2.05, 4.69) is 0 Å². The van der Waals surface area contributed by atoms with E-state index in [1.165, 1.54) is 24.3 Å². The molecule has 0 aliphatic rings. The van der Waals surface area contributed by atoms with Gasteiger partial charge in [-0.15, -0.1) is 0 Å². The van der Waals surface area contributed by atoms with Crippen LogP contribution in [-0.4, -0.2) is 19.2 Å². The van der Waals surface area contributed by atoms with Crippen LogP contribution in [0.5, 0.6) is 17.2 Å². The Hall–Kier alpha value is -3.20. The van der Waals surface area contributed by atoms with Crippen LogP contribution in [0.25, 0.3) is 11.0 Å². The number of esters is 1. The maximum Gasteiger partial charge on any atom is 0.453 e. The van der Waals surface area contributed by atoms with Crippen LogP contribution in [0.4, 0.5) is 13.2 Å². The Balaban J connectivity index is 2.07. The Morgan fingerprint density at radius 1 is 1.09 bits per heavy atom. The summed E-state index contributed by atoms with van der Waals surface area (Å²) >= 11 is 6.09. The minimum absolute atomic E-state index is 0.0101. The molecule has 10 heteroatoms. The average Bonchev–Trinajstić information content (AvgIpc) is 2.71. The molecule has 0 amide bonds. The fourth-order valence-corrected chi connectivity index (χ4v) is 3.06. The van der Waals surface area contributed by atoms with Crippen molar-refractivity contribution in [2.24, 2.45) is 0 Å². The summed E-state index contributed by atoms with van der Waals surface area (Å²) in [5, 5.41) is 0.285. The van der Waals surface area contributed by atoms with E-state index >= 15 is 0 Å². The standard InChI is InChI=1S/C22H18ClF3O6/c1-4-29-17(27)10-30-13-5-6-15-16(9-13)32-21(22(24,25)26)20(19(15)28)31-14-7-11(2)18(23)12(3)8-14/h5-9H,4,10H2,1-3H3. The predicted octanol–water partition coefficient (Wildman–Crippen LogP) is 5.82. The molecule has 0 N–H and O–H groups in total. The van der Waals surface area contributed by atoms with E-state index < -0.39 is 35.7 Å². The first kappa shape index (κ1) is 23.5. The number of hydrogen-bond donors (Lipinski definition) is 0. The lowest BCUT2D eigenvalue weighted by atomic mass is 10.1. The van der Waals surface area contributed by atoms with Crippen LogP contribution in [0.2, 0.25) is 5.02 Å². The summed E-state index contributed by atoms with van der Waals surface area (Å²) in [6, 6.07) is 6.49. The van der Waals surface area contributed by atoms with E-state index in [9.17, 15) is 22.8 Å². The van der Waals surface area contributed by atoms with Crippen molar-refractivity contribution in [2.45, 2.75) is 26.9 Å². The second-order valence-corrected chi connectivity index (χ2v) is 7.19. The van der Waals surface area contributed by atoms with Crippen molar-refractivity contribution in [3.63, 3.8) is 0 Å². The number of rotatable bonds is 6. The highest BCUT2D eigenvalue weighted by Crippen LogP contribution is 2.39. The second kappa shape index (κ2) is 9.12. The van der Waals surface area contributed by atoms with Crippen LogP contribution < -0.4 is 14.9 Å². The maximum absolute atomic E-state index is 13.7. The Morgan fingerprint density at radius 2 is 1.75 bits per heavy atom. The molecule has 2 aromatic carbocycles. The zero-order chi connectivity index (χ0) is 23.6. The lowest BCUT2D eigenvalue weighted by Crippen LogP contribution is -2.16. The van der Waals surface area contributed by atoms with Gasteiger partial charge >= 0.3 is 12.1 Å². The third kappa shape index (κ3) is 4.99. The van der Waals surface area contributed by atoms with Gasteiger partial charge in [-0.1, -0.05) is 11.6 Å². The minimum atomic E-state index is -5.01. The first-order valence-electron chi connectivity index (χ1n) is 9.42. The molecular weight excluding hydrogens is 453 g/mol. The fraction of sp³-hybridized carbons (Fsp3) is 0.273. The molecule has 0 radical (unpaired) electrons. The summed E-state index contributed by atoms with van der Waals surface area (Å²) in [6.07, 6.45) is -5.01. The molecule has 0 saturated carbocycles. The number of fused-ring (bicyclic) bond motifs is 1. The third-order valence-corrected chi connectivity index (χ3v) is 4.97. The van der Waals surface area contributed by atoms with E-state index in [1.807, 2.05) is 0 Å². The molecule has 6 nitrogen and oxygen atoms in total. The zero-order valence-electron chi connectivity index (χ0n) is 17.3. The van der Waals surface area contributed by atoms with Gasteiger partial charge < -0.3 is 18.6 Å². The molecule has 0 unspecified atom stereocenters. The zero-order valence-corrected chi connectivity index (χ0v) is 18.0. The van der Waals surface area contributed by atoms with Gasteiger partial charge in [0.25, 0.3) is 5.76 Å². The first-order valence-corrected chi connectivity index (χ1v) is 9.80. The number of carbonyl (C=O) groups is 1. The van der Waals surface area contributed by atoms with Crippen molar-refractivity contribution < 1.29 is 36.6 Å². The molecule has 1 heterocycles. The molecular formula is C22H18ClF3O6. The summed E-state index contributed by atoms with van der Waals surface area (Å²) < 4.78 is 61.4. The molecule has 0 spiro atoms. The molecule has 0 atom stereocenters. The number of hydrogen-bond acceptors (Lipinski definition) is 6. The largest absolute Gasteiger partial charge is 0.482 e. The Kier molecular flexibility index (Phi) is 6.68.